The van der Waals surface area contributed by atoms with Gasteiger partial charge in [0.15, 0.2) is 0 Å². The number of carbonyl (C=O) groups is 2. The fraction of sp³-hybridized carbons (Fsp3) is 0.190. The Morgan fingerprint density at radius 3 is 2.62 bits per heavy atom. The maximum Gasteiger partial charge on any atom is 0.244 e. The maximum absolute atomic E-state index is 12.6. The molecular formula is C21H21N3O2. The fourth-order valence-corrected chi connectivity index (χ4v) is 2.88. The number of carbonyl (C=O) groups excluding carboxylic acids is 2. The van der Waals surface area contributed by atoms with Gasteiger partial charge in [0, 0.05) is 24.2 Å². The van der Waals surface area contributed by atoms with E-state index in [1.807, 2.05) is 62.4 Å². The molecule has 26 heavy (non-hydrogen) atoms. The minimum atomic E-state index is -0.248. The van der Waals surface area contributed by atoms with Crippen molar-refractivity contribution in [2.24, 2.45) is 0 Å². The molecule has 0 unspecified atom stereocenters. The third-order valence-electron chi connectivity index (χ3n) is 4.25. The summed E-state index contributed by atoms with van der Waals surface area (Å²) < 4.78 is 0. The number of para-hydroxylation sites is 1. The molecule has 132 valence electrons. The van der Waals surface area contributed by atoms with Crippen molar-refractivity contribution in [3.8, 4) is 0 Å². The van der Waals surface area contributed by atoms with Crippen LogP contribution in [0.5, 0.6) is 0 Å². The molecule has 1 heterocycles. The number of fused-ring (bicyclic) bond motifs is 1. The van der Waals surface area contributed by atoms with Crippen LogP contribution >= 0.6 is 0 Å². The van der Waals surface area contributed by atoms with Gasteiger partial charge in [-0.3, -0.25) is 14.6 Å². The van der Waals surface area contributed by atoms with Gasteiger partial charge in [0.25, 0.3) is 0 Å². The van der Waals surface area contributed by atoms with Crippen LogP contribution in [-0.2, 0) is 9.59 Å². The number of pyridine rings is 1. The average Bonchev–Trinajstić information content (AvgIpc) is 2.62. The van der Waals surface area contributed by atoms with Crippen molar-refractivity contribution < 1.29 is 9.59 Å². The minimum Gasteiger partial charge on any atom is -0.324 e. The first-order valence-corrected chi connectivity index (χ1v) is 8.44. The molecule has 0 bridgehead atoms. The highest BCUT2D eigenvalue weighted by Gasteiger charge is 2.19. The average molecular weight is 347 g/mol. The number of aromatic nitrogens is 1. The number of amides is 2. The quantitative estimate of drug-likeness (QED) is 0.780. The molecule has 0 aliphatic heterocycles. The zero-order chi connectivity index (χ0) is 18.7. The SMILES string of the molecule is CC(=O)N(CC(=O)Nc1cc(C)ccc1C)c1cccc2cccnc12. The van der Waals surface area contributed by atoms with Crippen LogP contribution in [0.15, 0.2) is 54.7 Å². The van der Waals surface area contributed by atoms with E-state index in [1.165, 1.54) is 11.8 Å². The maximum atomic E-state index is 12.6. The van der Waals surface area contributed by atoms with Crippen LogP contribution in [-0.4, -0.2) is 23.3 Å². The van der Waals surface area contributed by atoms with Crippen LogP contribution in [0.2, 0.25) is 0 Å². The Labute approximate surface area is 152 Å². The van der Waals surface area contributed by atoms with Crippen molar-refractivity contribution in [2.75, 3.05) is 16.8 Å². The van der Waals surface area contributed by atoms with E-state index < -0.39 is 0 Å². The van der Waals surface area contributed by atoms with Crippen LogP contribution < -0.4 is 10.2 Å². The zero-order valence-electron chi connectivity index (χ0n) is 15.1. The van der Waals surface area contributed by atoms with Gasteiger partial charge in [-0.15, -0.1) is 0 Å². The highest BCUT2D eigenvalue weighted by molar-refractivity contribution is 6.06. The Bertz CT molecular complexity index is 977. The fourth-order valence-electron chi connectivity index (χ4n) is 2.88. The molecular weight excluding hydrogens is 326 g/mol. The Morgan fingerprint density at radius 2 is 1.85 bits per heavy atom. The minimum absolute atomic E-state index is 0.0710. The first-order valence-electron chi connectivity index (χ1n) is 8.44. The van der Waals surface area contributed by atoms with Gasteiger partial charge in [-0.25, -0.2) is 0 Å². The molecule has 0 saturated carbocycles. The molecule has 2 aromatic carbocycles. The summed E-state index contributed by atoms with van der Waals surface area (Å²) in [6.07, 6.45) is 1.68. The Morgan fingerprint density at radius 1 is 1.08 bits per heavy atom. The predicted octanol–water partition coefficient (Wildman–Crippen LogP) is 3.84. The number of hydrogen-bond acceptors (Lipinski definition) is 3. The summed E-state index contributed by atoms with van der Waals surface area (Å²) in [5.74, 6) is -0.457. The van der Waals surface area contributed by atoms with Crippen molar-refractivity contribution in [1.82, 2.24) is 4.98 Å². The van der Waals surface area contributed by atoms with E-state index in [0.29, 0.717) is 11.2 Å². The van der Waals surface area contributed by atoms with Crippen LogP contribution in [0.4, 0.5) is 11.4 Å². The molecule has 3 rings (SSSR count). The molecule has 0 atom stereocenters. The second kappa shape index (κ2) is 7.35. The van der Waals surface area contributed by atoms with Gasteiger partial charge in [-0.05, 0) is 43.2 Å². The number of nitrogens with one attached hydrogen (secondary N) is 1. The predicted molar refractivity (Wildman–Crippen MR) is 104 cm³/mol. The molecule has 0 fully saturated rings. The highest BCUT2D eigenvalue weighted by Crippen LogP contribution is 2.25. The zero-order valence-corrected chi connectivity index (χ0v) is 15.1. The number of hydrogen-bond donors (Lipinski definition) is 1. The number of benzene rings is 2. The second-order valence-electron chi connectivity index (χ2n) is 6.32. The van der Waals surface area contributed by atoms with Gasteiger partial charge in [0.2, 0.25) is 11.8 Å². The van der Waals surface area contributed by atoms with E-state index >= 15 is 0 Å². The molecule has 0 aliphatic carbocycles. The van der Waals surface area contributed by atoms with Gasteiger partial charge in [0.1, 0.15) is 6.54 Å². The van der Waals surface area contributed by atoms with Gasteiger partial charge >= 0.3 is 0 Å². The normalized spacial score (nSPS) is 10.6. The smallest absolute Gasteiger partial charge is 0.244 e. The van der Waals surface area contributed by atoms with E-state index in [1.54, 1.807) is 6.20 Å². The molecule has 5 heteroatoms. The summed E-state index contributed by atoms with van der Waals surface area (Å²) in [5.41, 5.74) is 4.13. The highest BCUT2D eigenvalue weighted by atomic mass is 16.2. The van der Waals surface area contributed by atoms with E-state index in [0.717, 1.165) is 22.2 Å². The third-order valence-corrected chi connectivity index (χ3v) is 4.25. The third kappa shape index (κ3) is 3.72. The number of nitrogens with zero attached hydrogens (tertiary/aromatic N) is 2. The van der Waals surface area contributed by atoms with Crippen molar-refractivity contribution in [1.29, 1.82) is 0 Å². The molecule has 0 radical (unpaired) electrons. The summed E-state index contributed by atoms with van der Waals surface area (Å²) >= 11 is 0. The van der Waals surface area contributed by atoms with Crippen molar-refractivity contribution in [2.45, 2.75) is 20.8 Å². The lowest BCUT2D eigenvalue weighted by Crippen LogP contribution is -2.37. The van der Waals surface area contributed by atoms with Gasteiger partial charge < -0.3 is 10.2 Å². The lowest BCUT2D eigenvalue weighted by molar-refractivity contribution is -0.120. The Balaban J connectivity index is 1.88. The Hall–Kier alpha value is -3.21. The summed E-state index contributed by atoms with van der Waals surface area (Å²) in [6.45, 7) is 5.29. The van der Waals surface area contributed by atoms with Crippen molar-refractivity contribution >= 4 is 34.1 Å². The molecule has 5 nitrogen and oxygen atoms in total. The lowest BCUT2D eigenvalue weighted by Gasteiger charge is -2.22. The summed E-state index contributed by atoms with van der Waals surface area (Å²) in [5, 5.41) is 3.82. The number of anilines is 2. The van der Waals surface area contributed by atoms with Crippen molar-refractivity contribution in [3.63, 3.8) is 0 Å². The largest absolute Gasteiger partial charge is 0.324 e. The van der Waals surface area contributed by atoms with E-state index in [9.17, 15) is 9.59 Å². The molecule has 1 aromatic heterocycles. The van der Waals surface area contributed by atoms with E-state index in [4.69, 9.17) is 0 Å². The molecule has 3 aromatic rings. The van der Waals surface area contributed by atoms with E-state index in [-0.39, 0.29) is 18.4 Å². The number of rotatable bonds is 4. The summed E-state index contributed by atoms with van der Waals surface area (Å²) in [6, 6.07) is 15.2. The molecule has 0 saturated heterocycles. The van der Waals surface area contributed by atoms with Crippen molar-refractivity contribution in [3.05, 3.63) is 65.9 Å². The van der Waals surface area contributed by atoms with Gasteiger partial charge in [0.05, 0.1) is 11.2 Å². The lowest BCUT2D eigenvalue weighted by atomic mass is 10.1. The first-order chi connectivity index (χ1) is 12.5. The molecule has 0 aliphatic rings. The monoisotopic (exact) mass is 347 g/mol. The topological polar surface area (TPSA) is 62.3 Å². The van der Waals surface area contributed by atoms with E-state index in [2.05, 4.69) is 10.3 Å². The van der Waals surface area contributed by atoms with Gasteiger partial charge in [-0.2, -0.15) is 0 Å². The molecule has 2 amide bonds. The number of aryl methyl sites for hydroxylation is 2. The van der Waals surface area contributed by atoms with Gasteiger partial charge in [-0.1, -0.05) is 30.3 Å². The van der Waals surface area contributed by atoms with Crippen LogP contribution in [0.3, 0.4) is 0 Å². The standard InChI is InChI=1S/C21H21N3O2/c1-14-9-10-15(2)18(12-14)23-20(26)13-24(16(3)25)19-8-4-6-17-7-5-11-22-21(17)19/h4-12H,13H2,1-3H3,(H,23,26). The molecule has 0 spiro atoms. The van der Waals surface area contributed by atoms with Crippen LogP contribution in [0.25, 0.3) is 10.9 Å². The molecule has 1 N–H and O–H groups in total. The van der Waals surface area contributed by atoms with Crippen LogP contribution in [0, 0.1) is 13.8 Å². The first kappa shape index (κ1) is 17.6. The summed E-state index contributed by atoms with van der Waals surface area (Å²) in [4.78, 5) is 30.6. The Kier molecular flexibility index (Phi) is 4.98. The summed E-state index contributed by atoms with van der Waals surface area (Å²) in [7, 11) is 0. The van der Waals surface area contributed by atoms with Crippen LogP contribution in [0.1, 0.15) is 18.1 Å². The second-order valence-corrected chi connectivity index (χ2v) is 6.32.